The minimum atomic E-state index is -4.38. The van der Waals surface area contributed by atoms with Crippen LogP contribution in [-0.4, -0.2) is 44.2 Å². The van der Waals surface area contributed by atoms with Crippen LogP contribution in [0.15, 0.2) is 0 Å². The van der Waals surface area contributed by atoms with E-state index in [1.807, 2.05) is 0 Å². The maximum atomic E-state index is 10.8. The zero-order valence-corrected chi connectivity index (χ0v) is 9.48. The predicted molar refractivity (Wildman–Crippen MR) is 47.4 cm³/mol. The van der Waals surface area contributed by atoms with Crippen LogP contribution in [0.5, 0.6) is 0 Å². The molecule has 1 amide bonds. The average molecular weight is 264 g/mol. The van der Waals surface area contributed by atoms with E-state index < -0.39 is 34.9 Å². The summed E-state index contributed by atoms with van der Waals surface area (Å²) in [6.07, 6.45) is 0.928. The Bertz CT molecular complexity index is 430. The number of nitrogens with zero attached hydrogens (tertiary/aromatic N) is 1. The van der Waals surface area contributed by atoms with E-state index in [0.717, 1.165) is 0 Å². The Balaban J connectivity index is 5.62. The Hall–Kier alpha value is -0.670. The quantitative estimate of drug-likeness (QED) is 0.453. The van der Waals surface area contributed by atoms with Crippen LogP contribution in [0.25, 0.3) is 0 Å². The van der Waals surface area contributed by atoms with E-state index in [0.29, 0.717) is 12.5 Å². The molecule has 7 nitrogen and oxygen atoms in total. The molecule has 0 spiro atoms. The molecule has 0 aliphatic carbocycles. The van der Waals surface area contributed by atoms with Gasteiger partial charge < -0.3 is 0 Å². The average Bonchev–Trinajstić information content (AvgIpc) is 1.79. The fourth-order valence-electron chi connectivity index (χ4n) is 0.619. The van der Waals surface area contributed by atoms with Crippen molar-refractivity contribution in [1.82, 2.24) is 3.71 Å². The van der Waals surface area contributed by atoms with Crippen molar-refractivity contribution < 1.29 is 26.4 Å². The third-order valence-corrected chi connectivity index (χ3v) is 4.26. The lowest BCUT2D eigenvalue weighted by molar-refractivity contribution is -0.135. The van der Waals surface area contributed by atoms with Crippen LogP contribution < -0.4 is 0 Å². The van der Waals surface area contributed by atoms with Crippen molar-refractivity contribution in [2.45, 2.75) is 0 Å². The van der Waals surface area contributed by atoms with Crippen molar-refractivity contribution >= 4 is 42.8 Å². The summed E-state index contributed by atoms with van der Waals surface area (Å²) in [5.74, 6) is -1.82. The molecule has 0 radical (unpaired) electrons. The van der Waals surface area contributed by atoms with Gasteiger partial charge in [-0.15, -0.1) is 3.71 Å². The van der Waals surface area contributed by atoms with E-state index >= 15 is 0 Å². The highest BCUT2D eigenvalue weighted by molar-refractivity contribution is 8.04. The zero-order valence-electron chi connectivity index (χ0n) is 7.09. The maximum absolute atomic E-state index is 10.8. The van der Waals surface area contributed by atoms with Gasteiger partial charge in [0.05, 0.1) is 12.5 Å². The fraction of sp³-hybridized carbons (Fsp3) is 0.500. The van der Waals surface area contributed by atoms with Crippen LogP contribution >= 0.6 is 11.6 Å². The van der Waals surface area contributed by atoms with Crippen molar-refractivity contribution in [2.24, 2.45) is 0 Å². The molecule has 0 bridgehead atoms. The third-order valence-electron chi connectivity index (χ3n) is 0.936. The minimum absolute atomic E-state index is 0.464. The first-order valence-corrected chi connectivity index (χ1v) is 6.99. The van der Waals surface area contributed by atoms with Gasteiger partial charge in [-0.3, -0.25) is 9.59 Å². The number of sulfonamides is 2. The van der Waals surface area contributed by atoms with Gasteiger partial charge in [-0.05, 0) is 11.6 Å². The molecule has 0 rings (SSSR count). The lowest BCUT2D eigenvalue weighted by Gasteiger charge is -2.14. The minimum Gasteiger partial charge on any atom is -0.270 e. The van der Waals surface area contributed by atoms with Gasteiger partial charge in [0.2, 0.25) is 20.0 Å². The molecule has 0 heterocycles. The second-order valence-electron chi connectivity index (χ2n) is 2.30. The molecule has 0 aromatic heterocycles. The molecular formula is C4H6ClNO6S2. The van der Waals surface area contributed by atoms with Crippen molar-refractivity contribution in [3.05, 3.63) is 0 Å². The van der Waals surface area contributed by atoms with E-state index in [-0.39, 0.29) is 0 Å². The topological polar surface area (TPSA) is 106 Å². The number of hydrogen-bond acceptors (Lipinski definition) is 6. The van der Waals surface area contributed by atoms with Gasteiger partial charge in [-0.2, -0.15) is 0 Å². The van der Waals surface area contributed by atoms with E-state index in [4.69, 9.17) is 0 Å². The smallest absolute Gasteiger partial charge is 0.270 e. The van der Waals surface area contributed by atoms with Crippen LogP contribution in [0, 0.1) is 0 Å². The first-order chi connectivity index (χ1) is 5.98. The molecule has 82 valence electrons. The molecule has 0 aliphatic heterocycles. The second kappa shape index (κ2) is 3.83. The lowest BCUT2D eigenvalue weighted by Crippen LogP contribution is -2.42. The Morgan fingerprint density at radius 1 is 1.00 bits per heavy atom. The Morgan fingerprint density at radius 3 is 1.36 bits per heavy atom. The second-order valence-corrected chi connectivity index (χ2v) is 6.54. The monoisotopic (exact) mass is 263 g/mol. The summed E-state index contributed by atoms with van der Waals surface area (Å²) in [5, 5.41) is -1.69. The molecule has 0 unspecified atom stereocenters. The standard InChI is InChI=1S/C4H6ClNO6S2/c1-13(9,10)6(14(2,11)12)4(8)3(5)7/h1-2H3. The molecule has 0 aliphatic rings. The summed E-state index contributed by atoms with van der Waals surface area (Å²) in [6, 6.07) is 0. The largest absolute Gasteiger partial charge is 0.334 e. The van der Waals surface area contributed by atoms with E-state index in [1.165, 1.54) is 0 Å². The lowest BCUT2D eigenvalue weighted by atomic mass is 10.7. The summed E-state index contributed by atoms with van der Waals surface area (Å²) in [6.45, 7) is 0. The molecule has 0 aromatic carbocycles. The maximum Gasteiger partial charge on any atom is 0.334 e. The first kappa shape index (κ1) is 13.3. The summed E-state index contributed by atoms with van der Waals surface area (Å²) >= 11 is 4.68. The summed E-state index contributed by atoms with van der Waals surface area (Å²) in [4.78, 5) is 21.1. The molecule has 0 aromatic rings. The number of rotatable bonds is 3. The van der Waals surface area contributed by atoms with Crippen molar-refractivity contribution in [2.75, 3.05) is 12.5 Å². The van der Waals surface area contributed by atoms with E-state index in [2.05, 4.69) is 11.6 Å². The molecule has 14 heavy (non-hydrogen) atoms. The Kier molecular flexibility index (Phi) is 3.65. The van der Waals surface area contributed by atoms with Gasteiger partial charge in [0, 0.05) is 0 Å². The van der Waals surface area contributed by atoms with Gasteiger partial charge in [0.1, 0.15) is 0 Å². The summed E-state index contributed by atoms with van der Waals surface area (Å²) in [5.41, 5.74) is 0. The summed E-state index contributed by atoms with van der Waals surface area (Å²) in [7, 11) is -8.75. The van der Waals surface area contributed by atoms with E-state index in [9.17, 15) is 26.4 Å². The highest BCUT2D eigenvalue weighted by Crippen LogP contribution is 2.07. The molecule has 0 fully saturated rings. The van der Waals surface area contributed by atoms with Gasteiger partial charge >= 0.3 is 11.1 Å². The van der Waals surface area contributed by atoms with Gasteiger partial charge in [-0.1, -0.05) is 0 Å². The van der Waals surface area contributed by atoms with Crippen LogP contribution in [0.1, 0.15) is 0 Å². The molecule has 10 heteroatoms. The van der Waals surface area contributed by atoms with Gasteiger partial charge in [-0.25, -0.2) is 16.8 Å². The SMILES string of the molecule is CS(=O)(=O)N(C(=O)C(=O)Cl)S(C)(=O)=O. The van der Waals surface area contributed by atoms with Crippen molar-refractivity contribution in [3.63, 3.8) is 0 Å². The highest BCUT2D eigenvalue weighted by Gasteiger charge is 2.35. The van der Waals surface area contributed by atoms with Crippen LogP contribution in [0.4, 0.5) is 0 Å². The first-order valence-electron chi connectivity index (χ1n) is 2.92. The number of hydrogen-bond donors (Lipinski definition) is 0. The normalized spacial score (nSPS) is 12.2. The third kappa shape index (κ3) is 3.24. The van der Waals surface area contributed by atoms with Crippen LogP contribution in [0.2, 0.25) is 0 Å². The molecule has 0 N–H and O–H groups in total. The van der Waals surface area contributed by atoms with Gasteiger partial charge in [0.15, 0.2) is 0 Å². The zero-order chi connectivity index (χ0) is 11.7. The molecule has 0 saturated heterocycles. The van der Waals surface area contributed by atoms with Crippen LogP contribution in [0.3, 0.4) is 0 Å². The molecule has 0 atom stereocenters. The summed E-state index contributed by atoms with van der Waals surface area (Å²) < 4.78 is 42.8. The molecule has 0 saturated carbocycles. The number of carbonyl (C=O) groups is 2. The van der Waals surface area contributed by atoms with Gasteiger partial charge in [0.25, 0.3) is 0 Å². The van der Waals surface area contributed by atoms with Crippen molar-refractivity contribution in [3.8, 4) is 0 Å². The number of carbonyl (C=O) groups excluding carboxylic acids is 2. The Labute approximate surface area is 85.7 Å². The van der Waals surface area contributed by atoms with Crippen molar-refractivity contribution in [1.29, 1.82) is 0 Å². The van der Waals surface area contributed by atoms with E-state index in [1.54, 1.807) is 0 Å². The Morgan fingerprint density at radius 2 is 1.29 bits per heavy atom. The fourth-order valence-corrected chi connectivity index (χ4v) is 3.54. The predicted octanol–water partition coefficient (Wildman–Crippen LogP) is -1.50. The number of halogens is 1. The molecular weight excluding hydrogens is 258 g/mol. The number of amides is 1. The highest BCUT2D eigenvalue weighted by atomic mass is 35.5. The van der Waals surface area contributed by atoms with Crippen LogP contribution in [-0.2, 0) is 29.6 Å².